The predicted molar refractivity (Wildman–Crippen MR) is 99.4 cm³/mol. The zero-order valence-electron chi connectivity index (χ0n) is 14.0. The van der Waals surface area contributed by atoms with Crippen molar-refractivity contribution in [3.8, 4) is 0 Å². The second-order valence-electron chi connectivity index (χ2n) is 5.44. The van der Waals surface area contributed by atoms with Gasteiger partial charge in [-0.05, 0) is 37.1 Å². The number of nitrogens with one attached hydrogen (secondary N) is 2. The largest absolute Gasteiger partial charge is 0.346 e. The maximum absolute atomic E-state index is 12.0. The summed E-state index contributed by atoms with van der Waals surface area (Å²) in [5, 5.41) is 5.49. The number of benzene rings is 2. The molecule has 5 heteroatoms. The van der Waals surface area contributed by atoms with Crippen molar-refractivity contribution in [3.05, 3.63) is 59.7 Å². The first-order chi connectivity index (χ1) is 11.6. The fraction of sp³-hybridized carbons (Fsp3) is 0.263. The third-order valence-corrected chi connectivity index (χ3v) is 4.52. The first-order valence-electron chi connectivity index (χ1n) is 7.92. The van der Waals surface area contributed by atoms with E-state index in [1.807, 2.05) is 62.4 Å². The highest BCUT2D eigenvalue weighted by atomic mass is 32.2. The second kappa shape index (κ2) is 9.13. The topological polar surface area (TPSA) is 58.2 Å². The number of rotatable bonds is 7. The second-order valence-corrected chi connectivity index (χ2v) is 6.49. The van der Waals surface area contributed by atoms with Crippen molar-refractivity contribution in [2.45, 2.75) is 25.2 Å². The van der Waals surface area contributed by atoms with Crippen LogP contribution >= 0.6 is 11.8 Å². The molecule has 0 aromatic heterocycles. The first-order valence-corrected chi connectivity index (χ1v) is 8.91. The van der Waals surface area contributed by atoms with E-state index in [1.165, 1.54) is 17.3 Å². The fourth-order valence-electron chi connectivity index (χ4n) is 2.16. The molecule has 0 spiro atoms. The summed E-state index contributed by atoms with van der Waals surface area (Å²) in [6, 6.07) is 15.7. The van der Waals surface area contributed by atoms with Gasteiger partial charge in [-0.2, -0.15) is 0 Å². The van der Waals surface area contributed by atoms with Crippen LogP contribution in [0.1, 0.15) is 18.1 Å². The highest BCUT2D eigenvalue weighted by molar-refractivity contribution is 8.00. The molecule has 2 aromatic rings. The molecule has 0 aliphatic rings. The van der Waals surface area contributed by atoms with Gasteiger partial charge in [0, 0.05) is 10.6 Å². The van der Waals surface area contributed by atoms with E-state index in [9.17, 15) is 9.59 Å². The molecule has 126 valence electrons. The van der Waals surface area contributed by atoms with Crippen LogP contribution in [0, 0.1) is 6.92 Å². The van der Waals surface area contributed by atoms with Crippen molar-refractivity contribution >= 4 is 29.3 Å². The summed E-state index contributed by atoms with van der Waals surface area (Å²) in [4.78, 5) is 24.9. The molecule has 2 amide bonds. The van der Waals surface area contributed by atoms with Gasteiger partial charge in [-0.15, -0.1) is 11.8 Å². The van der Waals surface area contributed by atoms with E-state index >= 15 is 0 Å². The van der Waals surface area contributed by atoms with Gasteiger partial charge in [0.15, 0.2) is 0 Å². The van der Waals surface area contributed by atoms with Crippen LogP contribution < -0.4 is 10.6 Å². The third-order valence-electron chi connectivity index (χ3n) is 3.51. The normalized spacial score (nSPS) is 10.2. The van der Waals surface area contributed by atoms with Crippen molar-refractivity contribution < 1.29 is 9.59 Å². The minimum Gasteiger partial charge on any atom is -0.346 e. The molecule has 2 N–H and O–H groups in total. The molecule has 0 saturated carbocycles. The number of carbonyl (C=O) groups excluding carboxylic acids is 2. The van der Waals surface area contributed by atoms with Gasteiger partial charge in [-0.3, -0.25) is 9.59 Å². The number of anilines is 1. The maximum Gasteiger partial charge on any atom is 0.243 e. The fourth-order valence-corrected chi connectivity index (χ4v) is 2.89. The van der Waals surface area contributed by atoms with Gasteiger partial charge in [-0.1, -0.05) is 42.8 Å². The molecule has 2 aromatic carbocycles. The van der Waals surface area contributed by atoms with Crippen LogP contribution in [0.3, 0.4) is 0 Å². The maximum atomic E-state index is 12.0. The van der Waals surface area contributed by atoms with Crippen molar-refractivity contribution in [2.24, 2.45) is 0 Å². The smallest absolute Gasteiger partial charge is 0.243 e. The Hall–Kier alpha value is -2.27. The Balaban J connectivity index is 1.74. The van der Waals surface area contributed by atoms with Gasteiger partial charge in [0.05, 0.1) is 12.3 Å². The van der Waals surface area contributed by atoms with Crippen LogP contribution in [-0.2, 0) is 16.0 Å². The minimum absolute atomic E-state index is 0.0225. The monoisotopic (exact) mass is 342 g/mol. The van der Waals surface area contributed by atoms with Crippen molar-refractivity contribution in [1.82, 2.24) is 5.32 Å². The summed E-state index contributed by atoms with van der Waals surface area (Å²) in [6.07, 6.45) is 0.843. The molecule has 0 fully saturated rings. The molecule has 0 atom stereocenters. The molecule has 0 saturated heterocycles. The summed E-state index contributed by atoms with van der Waals surface area (Å²) in [7, 11) is 0. The number of amides is 2. The van der Waals surface area contributed by atoms with Crippen LogP contribution in [-0.4, -0.2) is 24.1 Å². The molecular weight excluding hydrogens is 320 g/mol. The lowest BCUT2D eigenvalue weighted by atomic mass is 10.1. The lowest BCUT2D eigenvalue weighted by Crippen LogP contribution is -2.34. The number of aryl methyl sites for hydroxylation is 2. The number of thioether (sulfide) groups is 1. The molecule has 4 nitrogen and oxygen atoms in total. The van der Waals surface area contributed by atoms with Crippen molar-refractivity contribution in [3.63, 3.8) is 0 Å². The number of carbonyl (C=O) groups is 2. The van der Waals surface area contributed by atoms with E-state index in [1.54, 1.807) is 0 Å². The molecule has 0 heterocycles. The average Bonchev–Trinajstić information content (AvgIpc) is 2.60. The summed E-state index contributed by atoms with van der Waals surface area (Å²) in [5.41, 5.74) is 3.06. The standard InChI is InChI=1S/C19H22N2O2S/c1-3-15-6-4-5-7-17(15)21-18(22)12-20-19(23)13-24-16-10-8-14(2)9-11-16/h4-11H,3,12-13H2,1-2H3,(H,20,23)(H,21,22). The van der Waals surface area contributed by atoms with E-state index in [4.69, 9.17) is 0 Å². The average molecular weight is 342 g/mol. The van der Waals surface area contributed by atoms with E-state index in [-0.39, 0.29) is 18.4 Å². The van der Waals surface area contributed by atoms with E-state index in [0.29, 0.717) is 5.75 Å². The summed E-state index contributed by atoms with van der Waals surface area (Å²) >= 11 is 1.46. The Bertz CT molecular complexity index is 699. The molecule has 0 unspecified atom stereocenters. The molecule has 0 aliphatic heterocycles. The Kier molecular flexibility index (Phi) is 6.88. The summed E-state index contributed by atoms with van der Waals surface area (Å²) in [6.45, 7) is 4.04. The van der Waals surface area contributed by atoms with Gasteiger partial charge in [-0.25, -0.2) is 0 Å². The van der Waals surface area contributed by atoms with Crippen LogP contribution in [0.25, 0.3) is 0 Å². The molecule has 24 heavy (non-hydrogen) atoms. The van der Waals surface area contributed by atoms with Crippen molar-refractivity contribution in [2.75, 3.05) is 17.6 Å². The quantitative estimate of drug-likeness (QED) is 0.758. The van der Waals surface area contributed by atoms with Gasteiger partial charge in [0.2, 0.25) is 11.8 Å². The Morgan fingerprint density at radius 2 is 1.71 bits per heavy atom. The third kappa shape index (κ3) is 5.74. The van der Waals surface area contributed by atoms with Crippen LogP contribution in [0.4, 0.5) is 5.69 Å². The molecule has 0 radical (unpaired) electrons. The number of para-hydroxylation sites is 1. The highest BCUT2D eigenvalue weighted by Gasteiger charge is 2.08. The van der Waals surface area contributed by atoms with Crippen LogP contribution in [0.15, 0.2) is 53.4 Å². The molecule has 2 rings (SSSR count). The zero-order chi connectivity index (χ0) is 17.4. The van der Waals surface area contributed by atoms with Gasteiger partial charge < -0.3 is 10.6 Å². The molecule has 0 aliphatic carbocycles. The predicted octanol–water partition coefficient (Wildman–Crippen LogP) is 3.40. The van der Waals surface area contributed by atoms with Crippen molar-refractivity contribution in [1.29, 1.82) is 0 Å². The minimum atomic E-state index is -0.218. The zero-order valence-corrected chi connectivity index (χ0v) is 14.8. The highest BCUT2D eigenvalue weighted by Crippen LogP contribution is 2.18. The summed E-state index contributed by atoms with van der Waals surface area (Å²) < 4.78 is 0. The van der Waals surface area contributed by atoms with Crippen LogP contribution in [0.2, 0.25) is 0 Å². The number of hydrogen-bond donors (Lipinski definition) is 2. The Morgan fingerprint density at radius 1 is 1.00 bits per heavy atom. The summed E-state index contributed by atoms with van der Waals surface area (Å²) in [5.74, 6) is -0.0777. The number of hydrogen-bond acceptors (Lipinski definition) is 3. The Labute approximate surface area is 147 Å². The Morgan fingerprint density at radius 3 is 2.42 bits per heavy atom. The van der Waals surface area contributed by atoms with Gasteiger partial charge >= 0.3 is 0 Å². The first kappa shape index (κ1) is 18.1. The lowest BCUT2D eigenvalue weighted by Gasteiger charge is -2.10. The van der Waals surface area contributed by atoms with Crippen LogP contribution in [0.5, 0.6) is 0 Å². The molecule has 0 bridgehead atoms. The van der Waals surface area contributed by atoms with E-state index in [0.717, 1.165) is 22.6 Å². The van der Waals surface area contributed by atoms with E-state index < -0.39 is 0 Å². The lowest BCUT2D eigenvalue weighted by molar-refractivity contribution is -0.122. The van der Waals surface area contributed by atoms with E-state index in [2.05, 4.69) is 10.6 Å². The SMILES string of the molecule is CCc1ccccc1NC(=O)CNC(=O)CSc1ccc(C)cc1. The van der Waals surface area contributed by atoms with Gasteiger partial charge in [0.1, 0.15) is 0 Å². The molecular formula is C19H22N2O2S. The van der Waals surface area contributed by atoms with Gasteiger partial charge in [0.25, 0.3) is 0 Å².